The first-order valence-electron chi connectivity index (χ1n) is 4.34. The van der Waals surface area contributed by atoms with Crippen LogP contribution in [0.5, 0.6) is 0 Å². The van der Waals surface area contributed by atoms with Gasteiger partial charge in [0.15, 0.2) is 0 Å². The molecule has 65 valence electrons. The van der Waals surface area contributed by atoms with Gasteiger partial charge in [0.1, 0.15) is 5.76 Å². The van der Waals surface area contributed by atoms with Crippen LogP contribution in [-0.4, -0.2) is 19.1 Å². The summed E-state index contributed by atoms with van der Waals surface area (Å²) in [6.45, 7) is 2.80. The van der Waals surface area contributed by atoms with Crippen LogP contribution in [0.4, 0.5) is 0 Å². The second-order valence-corrected chi connectivity index (χ2v) is 3.08. The number of nitrogens with one attached hydrogen (secondary N) is 1. The fourth-order valence-corrected chi connectivity index (χ4v) is 1.41. The van der Waals surface area contributed by atoms with Crippen LogP contribution < -0.4 is 10.6 Å². The van der Waals surface area contributed by atoms with E-state index in [1.165, 1.54) is 6.42 Å². The number of furan rings is 1. The molecule has 2 heterocycles. The molecule has 1 N–H and O–H groups in total. The van der Waals surface area contributed by atoms with Gasteiger partial charge in [-0.2, -0.15) is 0 Å². The molecule has 12 heavy (non-hydrogen) atoms. The highest BCUT2D eigenvalue weighted by Crippen LogP contribution is 2.03. The molecule has 0 amide bonds. The maximum Gasteiger partial charge on any atom is 0.117 e. The van der Waals surface area contributed by atoms with Crippen molar-refractivity contribution >= 4 is 0 Å². The third-order valence-corrected chi connectivity index (χ3v) is 2.13. The Morgan fingerprint density at radius 2 is 2.67 bits per heavy atom. The smallest absolute Gasteiger partial charge is 0.117 e. The summed E-state index contributed by atoms with van der Waals surface area (Å²) in [6.07, 6.45) is 2.87. The monoisotopic (exact) mass is 165 g/mol. The lowest BCUT2D eigenvalue weighted by atomic mass is 10.2. The molecule has 1 unspecified atom stereocenters. The van der Waals surface area contributed by atoms with E-state index < -0.39 is 0 Å². The quantitative estimate of drug-likeness (QED) is 0.717. The van der Waals surface area contributed by atoms with Crippen LogP contribution in [0.2, 0.25) is 0 Å². The number of hydrogen-bond donors (Lipinski definition) is 1. The highest BCUT2D eigenvalue weighted by atomic mass is 16.3. The van der Waals surface area contributed by atoms with Crippen LogP contribution in [0.25, 0.3) is 0 Å². The summed E-state index contributed by atoms with van der Waals surface area (Å²) >= 11 is 0. The normalized spacial score (nSPS) is 23.2. The molecule has 1 radical (unpaired) electrons. The average molecular weight is 165 g/mol. The maximum atomic E-state index is 5.20. The molecule has 3 heteroatoms. The SMILES string of the molecule is c1coc(CNC2CC[N]C2)c1. The minimum absolute atomic E-state index is 0.565. The molecule has 1 saturated heterocycles. The van der Waals surface area contributed by atoms with Gasteiger partial charge in [-0.3, -0.25) is 0 Å². The van der Waals surface area contributed by atoms with Gasteiger partial charge in [-0.1, -0.05) is 0 Å². The summed E-state index contributed by atoms with van der Waals surface area (Å²) in [4.78, 5) is 0. The number of rotatable bonds is 3. The number of hydrogen-bond acceptors (Lipinski definition) is 2. The molecule has 0 bridgehead atoms. The number of nitrogens with zero attached hydrogens (tertiary/aromatic N) is 1. The predicted molar refractivity (Wildman–Crippen MR) is 45.8 cm³/mol. The molecule has 0 spiro atoms. The van der Waals surface area contributed by atoms with E-state index in [-0.39, 0.29) is 0 Å². The first-order chi connectivity index (χ1) is 5.95. The van der Waals surface area contributed by atoms with Gasteiger partial charge in [-0.25, -0.2) is 5.32 Å². The van der Waals surface area contributed by atoms with E-state index in [0.29, 0.717) is 6.04 Å². The minimum Gasteiger partial charge on any atom is -0.468 e. The van der Waals surface area contributed by atoms with E-state index in [9.17, 15) is 0 Å². The molecule has 1 atom stereocenters. The molecule has 1 aliphatic rings. The van der Waals surface area contributed by atoms with Crippen LogP contribution in [0.15, 0.2) is 22.8 Å². The average Bonchev–Trinajstić information content (AvgIpc) is 2.74. The largest absolute Gasteiger partial charge is 0.468 e. The topological polar surface area (TPSA) is 39.3 Å². The van der Waals surface area contributed by atoms with E-state index in [1.807, 2.05) is 12.1 Å². The Hall–Kier alpha value is -0.800. The first kappa shape index (κ1) is 7.83. The van der Waals surface area contributed by atoms with Gasteiger partial charge in [-0.15, -0.1) is 0 Å². The zero-order chi connectivity index (χ0) is 8.23. The Balaban J connectivity index is 1.74. The van der Waals surface area contributed by atoms with Gasteiger partial charge in [0, 0.05) is 19.1 Å². The molecule has 3 nitrogen and oxygen atoms in total. The fraction of sp³-hybridized carbons (Fsp3) is 0.556. The summed E-state index contributed by atoms with van der Waals surface area (Å²) in [5.41, 5.74) is 0. The van der Waals surface area contributed by atoms with Gasteiger partial charge in [0.2, 0.25) is 0 Å². The first-order valence-corrected chi connectivity index (χ1v) is 4.34. The highest BCUT2D eigenvalue weighted by Gasteiger charge is 2.14. The second-order valence-electron chi connectivity index (χ2n) is 3.08. The van der Waals surface area contributed by atoms with Crippen molar-refractivity contribution in [3.8, 4) is 0 Å². The van der Waals surface area contributed by atoms with Gasteiger partial charge >= 0.3 is 0 Å². The summed E-state index contributed by atoms with van der Waals surface area (Å²) < 4.78 is 5.20. The Labute approximate surface area is 72.1 Å². The second kappa shape index (κ2) is 3.74. The maximum absolute atomic E-state index is 5.20. The summed E-state index contributed by atoms with van der Waals surface area (Å²) in [7, 11) is 0. The standard InChI is InChI=1S/C9H13N2O/c1-2-9(12-5-1)7-11-8-3-4-10-6-8/h1-2,5,8,11H,3-4,6-7H2. The van der Waals surface area contributed by atoms with Crippen LogP contribution >= 0.6 is 0 Å². The van der Waals surface area contributed by atoms with Crippen molar-refractivity contribution < 1.29 is 4.42 Å². The molecule has 0 aromatic carbocycles. The van der Waals surface area contributed by atoms with Gasteiger partial charge in [0.05, 0.1) is 12.8 Å². The zero-order valence-electron chi connectivity index (χ0n) is 6.99. The third kappa shape index (κ3) is 1.87. The van der Waals surface area contributed by atoms with E-state index in [1.54, 1.807) is 6.26 Å². The Morgan fingerprint density at radius 3 is 3.33 bits per heavy atom. The molecule has 0 aliphatic carbocycles. The van der Waals surface area contributed by atoms with Crippen LogP contribution in [0, 0.1) is 0 Å². The van der Waals surface area contributed by atoms with Crippen molar-refractivity contribution in [2.75, 3.05) is 13.1 Å². The van der Waals surface area contributed by atoms with Crippen LogP contribution in [0.3, 0.4) is 0 Å². The van der Waals surface area contributed by atoms with Crippen molar-refractivity contribution in [3.63, 3.8) is 0 Å². The molecule has 1 aromatic rings. The lowest BCUT2D eigenvalue weighted by molar-refractivity contribution is 0.454. The fourth-order valence-electron chi connectivity index (χ4n) is 1.41. The lowest BCUT2D eigenvalue weighted by Gasteiger charge is -2.08. The van der Waals surface area contributed by atoms with Gasteiger partial charge < -0.3 is 9.73 Å². The Kier molecular flexibility index (Phi) is 2.44. The summed E-state index contributed by atoms with van der Waals surface area (Å²) in [5, 5.41) is 7.67. The zero-order valence-corrected chi connectivity index (χ0v) is 6.99. The third-order valence-electron chi connectivity index (χ3n) is 2.13. The molecule has 0 saturated carbocycles. The molecule has 2 rings (SSSR count). The van der Waals surface area contributed by atoms with Crippen LogP contribution in [0.1, 0.15) is 12.2 Å². The van der Waals surface area contributed by atoms with Crippen molar-refractivity contribution in [2.45, 2.75) is 19.0 Å². The molecule has 1 aromatic heterocycles. The van der Waals surface area contributed by atoms with E-state index in [4.69, 9.17) is 4.42 Å². The van der Waals surface area contributed by atoms with Gasteiger partial charge in [0.25, 0.3) is 0 Å². The van der Waals surface area contributed by atoms with Crippen LogP contribution in [-0.2, 0) is 6.54 Å². The molecule has 1 aliphatic heterocycles. The molecule has 1 fully saturated rings. The lowest BCUT2D eigenvalue weighted by Crippen LogP contribution is -2.29. The van der Waals surface area contributed by atoms with E-state index in [0.717, 1.165) is 25.4 Å². The Bertz CT molecular complexity index is 214. The summed E-state index contributed by atoms with van der Waals surface area (Å²) in [5.74, 6) is 1.00. The predicted octanol–water partition coefficient (Wildman–Crippen LogP) is 0.746. The minimum atomic E-state index is 0.565. The van der Waals surface area contributed by atoms with Gasteiger partial charge in [-0.05, 0) is 18.6 Å². The van der Waals surface area contributed by atoms with Crippen molar-refractivity contribution in [1.82, 2.24) is 10.6 Å². The summed E-state index contributed by atoms with van der Waals surface area (Å²) in [6, 6.07) is 4.46. The van der Waals surface area contributed by atoms with Crippen molar-refractivity contribution in [1.29, 1.82) is 0 Å². The van der Waals surface area contributed by atoms with Crippen molar-refractivity contribution in [2.24, 2.45) is 0 Å². The van der Waals surface area contributed by atoms with E-state index in [2.05, 4.69) is 10.6 Å². The highest BCUT2D eigenvalue weighted by molar-refractivity contribution is 4.98. The molecular formula is C9H13N2O. The van der Waals surface area contributed by atoms with Crippen molar-refractivity contribution in [3.05, 3.63) is 24.2 Å². The van der Waals surface area contributed by atoms with E-state index >= 15 is 0 Å². The molecular weight excluding hydrogens is 152 g/mol. The Morgan fingerprint density at radius 1 is 1.67 bits per heavy atom.